The van der Waals surface area contributed by atoms with Gasteiger partial charge in [-0.25, -0.2) is 4.39 Å². The van der Waals surface area contributed by atoms with Crippen molar-refractivity contribution in [2.75, 3.05) is 10.2 Å². The zero-order valence-corrected chi connectivity index (χ0v) is 19.4. The Hall–Kier alpha value is -2.26. The fourth-order valence-corrected chi connectivity index (χ4v) is 6.39. The second kappa shape index (κ2) is 9.91. The Morgan fingerprint density at radius 3 is 2.26 bits per heavy atom. The number of thiocarbonyl (C=S) groups is 2. The van der Waals surface area contributed by atoms with Gasteiger partial charge in [0, 0.05) is 5.69 Å². The van der Waals surface area contributed by atoms with Gasteiger partial charge >= 0.3 is 0 Å². The van der Waals surface area contributed by atoms with Crippen LogP contribution >= 0.6 is 48.0 Å². The van der Waals surface area contributed by atoms with E-state index in [9.17, 15) is 9.18 Å². The van der Waals surface area contributed by atoms with E-state index >= 15 is 0 Å². The van der Waals surface area contributed by atoms with Crippen LogP contribution in [0.3, 0.4) is 0 Å². The molecule has 1 aliphatic heterocycles. The summed E-state index contributed by atoms with van der Waals surface area (Å²) in [6.45, 7) is 0. The van der Waals surface area contributed by atoms with Gasteiger partial charge in [-0.05, 0) is 42.0 Å². The maximum Gasteiger partial charge on any atom is 0.247 e. The van der Waals surface area contributed by atoms with Gasteiger partial charge in [-0.15, -0.1) is 0 Å². The molecule has 31 heavy (non-hydrogen) atoms. The van der Waals surface area contributed by atoms with E-state index in [0.29, 0.717) is 14.3 Å². The molecule has 1 saturated heterocycles. The average molecular weight is 485 g/mol. The first-order chi connectivity index (χ1) is 15.0. The van der Waals surface area contributed by atoms with E-state index in [0.717, 1.165) is 11.3 Å². The topological polar surface area (TPSA) is 32.3 Å². The van der Waals surface area contributed by atoms with Crippen molar-refractivity contribution in [3.63, 3.8) is 0 Å². The smallest absolute Gasteiger partial charge is 0.247 e. The summed E-state index contributed by atoms with van der Waals surface area (Å²) < 4.78 is 14.2. The molecule has 3 aromatic carbocycles. The average Bonchev–Trinajstić information content (AvgIpc) is 3.08. The van der Waals surface area contributed by atoms with Crippen LogP contribution in [0.5, 0.6) is 0 Å². The van der Waals surface area contributed by atoms with Crippen LogP contribution in [0.25, 0.3) is 0 Å². The first kappa shape index (κ1) is 22.0. The highest BCUT2D eigenvalue weighted by Crippen LogP contribution is 2.45. The summed E-state index contributed by atoms with van der Waals surface area (Å²) in [5, 5.41) is 2.45. The molecule has 1 N–H and O–H groups in total. The Bertz CT molecular complexity index is 1090. The number of halogens is 1. The van der Waals surface area contributed by atoms with Crippen LogP contribution in [0.4, 0.5) is 15.8 Å². The summed E-state index contributed by atoms with van der Waals surface area (Å²) in [6.07, 6.45) is 0. The molecular formula is C23H17FN2OS4. The predicted octanol–water partition coefficient (Wildman–Crippen LogP) is 6.43. The molecule has 0 radical (unpaired) electrons. The third-order valence-electron chi connectivity index (χ3n) is 4.62. The van der Waals surface area contributed by atoms with Gasteiger partial charge in [0.05, 0.1) is 10.9 Å². The highest BCUT2D eigenvalue weighted by atomic mass is 32.2. The van der Waals surface area contributed by atoms with Gasteiger partial charge in [0.15, 0.2) is 0 Å². The fourth-order valence-electron chi connectivity index (χ4n) is 3.17. The number of nitrogens with zero attached hydrogens (tertiary/aromatic N) is 1. The van der Waals surface area contributed by atoms with E-state index in [1.165, 1.54) is 35.7 Å². The third kappa shape index (κ3) is 5.15. The number of carbonyl (C=O) groups excluding carboxylic acids is 1. The fraction of sp³-hybridized carbons (Fsp3) is 0.0870. The lowest BCUT2D eigenvalue weighted by Gasteiger charge is -2.22. The largest absolute Gasteiger partial charge is 0.341 e. The van der Waals surface area contributed by atoms with Crippen molar-refractivity contribution in [3.8, 4) is 0 Å². The molecule has 3 nitrogen and oxygen atoms in total. The van der Waals surface area contributed by atoms with E-state index in [2.05, 4.69) is 5.32 Å². The van der Waals surface area contributed by atoms with Gasteiger partial charge < -0.3 is 5.32 Å². The van der Waals surface area contributed by atoms with Crippen LogP contribution in [0.2, 0.25) is 0 Å². The molecule has 3 aromatic rings. The van der Waals surface area contributed by atoms with Gasteiger partial charge in [-0.2, -0.15) is 0 Å². The Morgan fingerprint density at radius 1 is 1.00 bits per heavy atom. The van der Waals surface area contributed by atoms with E-state index in [-0.39, 0.29) is 17.0 Å². The van der Waals surface area contributed by atoms with E-state index < -0.39 is 5.25 Å². The molecule has 0 bridgehead atoms. The van der Waals surface area contributed by atoms with Crippen LogP contribution in [0, 0.1) is 5.82 Å². The number of anilines is 2. The Labute approximate surface area is 199 Å². The minimum atomic E-state index is -0.423. The van der Waals surface area contributed by atoms with Crippen molar-refractivity contribution in [1.82, 2.24) is 0 Å². The number of amides is 1. The monoisotopic (exact) mass is 484 g/mol. The molecule has 0 aromatic heterocycles. The van der Waals surface area contributed by atoms with Crippen molar-refractivity contribution in [1.29, 1.82) is 0 Å². The number of para-hydroxylation sites is 1. The van der Waals surface area contributed by atoms with Gasteiger partial charge in [-0.3, -0.25) is 9.69 Å². The van der Waals surface area contributed by atoms with Gasteiger partial charge in [0.1, 0.15) is 19.7 Å². The van der Waals surface area contributed by atoms with E-state index in [4.69, 9.17) is 24.4 Å². The third-order valence-corrected chi connectivity index (χ3v) is 7.88. The minimum absolute atomic E-state index is 0.0628. The number of carbonyl (C=O) groups is 1. The molecule has 0 spiro atoms. The van der Waals surface area contributed by atoms with Crippen molar-refractivity contribution in [2.24, 2.45) is 0 Å². The van der Waals surface area contributed by atoms with Crippen LogP contribution in [0.15, 0.2) is 84.9 Å². The molecule has 2 atom stereocenters. The molecule has 1 amide bonds. The van der Waals surface area contributed by atoms with Gasteiger partial charge in [0.2, 0.25) is 5.91 Å². The maximum absolute atomic E-state index is 13.4. The second-order valence-electron chi connectivity index (χ2n) is 6.68. The Morgan fingerprint density at radius 2 is 1.61 bits per heavy atom. The Balaban J connectivity index is 1.58. The molecule has 8 heteroatoms. The lowest BCUT2D eigenvalue weighted by Crippen LogP contribution is -2.33. The number of hydrogen-bond acceptors (Lipinski definition) is 5. The normalized spacial score (nSPS) is 16.9. The van der Waals surface area contributed by atoms with Crippen LogP contribution in [-0.2, 0) is 4.79 Å². The number of rotatable bonds is 5. The number of benzene rings is 3. The summed E-state index contributed by atoms with van der Waals surface area (Å²) in [4.78, 5) is 15.0. The van der Waals surface area contributed by atoms with Crippen molar-refractivity contribution in [2.45, 2.75) is 10.5 Å². The number of thioether (sulfide) groups is 2. The zero-order chi connectivity index (χ0) is 21.8. The van der Waals surface area contributed by atoms with Crippen LogP contribution < -0.4 is 10.2 Å². The summed E-state index contributed by atoms with van der Waals surface area (Å²) in [5.41, 5.74) is 2.44. The highest BCUT2D eigenvalue weighted by molar-refractivity contribution is 8.27. The maximum atomic E-state index is 13.4. The van der Waals surface area contributed by atoms with E-state index in [1.807, 2.05) is 60.7 Å². The zero-order valence-electron chi connectivity index (χ0n) is 16.1. The molecule has 1 fully saturated rings. The summed E-state index contributed by atoms with van der Waals surface area (Å²) in [5.74, 6) is -0.374. The van der Waals surface area contributed by atoms with Crippen molar-refractivity contribution >= 4 is 73.9 Å². The predicted molar refractivity (Wildman–Crippen MR) is 137 cm³/mol. The quantitative estimate of drug-likeness (QED) is 0.420. The molecule has 0 saturated carbocycles. The summed E-state index contributed by atoms with van der Waals surface area (Å²) >= 11 is 13.9. The first-order valence-corrected chi connectivity index (χ1v) is 12.0. The summed E-state index contributed by atoms with van der Waals surface area (Å²) in [6, 6.07) is 25.2. The molecule has 156 valence electrons. The molecule has 0 aliphatic carbocycles. The van der Waals surface area contributed by atoms with E-state index in [1.54, 1.807) is 17.0 Å². The number of nitrogens with one attached hydrogen (secondary N) is 1. The Kier molecular flexibility index (Phi) is 7.02. The number of hydrogen-bond donors (Lipinski definition) is 1. The minimum Gasteiger partial charge on any atom is -0.341 e. The molecule has 1 heterocycles. The second-order valence-corrected chi connectivity index (χ2v) is 10.3. The highest BCUT2D eigenvalue weighted by Gasteiger charge is 2.43. The van der Waals surface area contributed by atoms with Gasteiger partial charge in [0.25, 0.3) is 0 Å². The SMILES string of the molecule is O=C1C(C(SC(=S)Nc2ccc(F)cc2)c2ccccc2)SC(=S)N1c1ccccc1. The summed E-state index contributed by atoms with van der Waals surface area (Å²) in [7, 11) is 0. The molecule has 2 unspecified atom stereocenters. The molecule has 1 aliphatic rings. The van der Waals surface area contributed by atoms with Gasteiger partial charge in [-0.1, -0.05) is 96.5 Å². The lowest BCUT2D eigenvalue weighted by molar-refractivity contribution is -0.116. The van der Waals surface area contributed by atoms with Crippen molar-refractivity contribution in [3.05, 3.63) is 96.3 Å². The molecular weight excluding hydrogens is 468 g/mol. The first-order valence-electron chi connectivity index (χ1n) is 9.41. The standard InChI is InChI=1S/C23H17FN2OS4/c24-16-11-13-17(14-12-16)25-22(28)30-19(15-7-3-1-4-8-15)20-21(27)26(23(29)31-20)18-9-5-2-6-10-18/h1-14,19-20H,(H,25,28). The van der Waals surface area contributed by atoms with Crippen LogP contribution in [-0.4, -0.2) is 19.8 Å². The molecule has 4 rings (SSSR count). The van der Waals surface area contributed by atoms with Crippen LogP contribution in [0.1, 0.15) is 10.8 Å². The van der Waals surface area contributed by atoms with Crippen molar-refractivity contribution < 1.29 is 9.18 Å². The lowest BCUT2D eigenvalue weighted by atomic mass is 10.1.